The first kappa shape index (κ1) is 24.0. The maximum atomic E-state index is 11.8. The molecular formula is C29H30N4O2S. The first-order valence-corrected chi connectivity index (χ1v) is 12.6. The van der Waals surface area contributed by atoms with Gasteiger partial charge >= 0.3 is 5.97 Å². The van der Waals surface area contributed by atoms with E-state index < -0.39 is 0 Å². The molecule has 7 heteroatoms. The lowest BCUT2D eigenvalue weighted by atomic mass is 9.96. The van der Waals surface area contributed by atoms with E-state index in [1.54, 1.807) is 0 Å². The lowest BCUT2D eigenvalue weighted by molar-refractivity contribution is -0.140. The highest BCUT2D eigenvalue weighted by molar-refractivity contribution is 7.80. The van der Waals surface area contributed by atoms with Crippen molar-refractivity contribution in [2.75, 3.05) is 13.7 Å². The zero-order valence-corrected chi connectivity index (χ0v) is 21.6. The molecule has 1 aliphatic rings. The van der Waals surface area contributed by atoms with Crippen LogP contribution in [0.5, 0.6) is 0 Å². The third-order valence-electron chi connectivity index (χ3n) is 7.00. The Balaban J connectivity index is 1.59. The molecule has 184 valence electrons. The Hall–Kier alpha value is -3.71. The van der Waals surface area contributed by atoms with Crippen molar-refractivity contribution in [3.05, 3.63) is 95.6 Å². The van der Waals surface area contributed by atoms with E-state index in [-0.39, 0.29) is 18.1 Å². The lowest BCUT2D eigenvalue weighted by Crippen LogP contribution is -2.31. The van der Waals surface area contributed by atoms with Gasteiger partial charge in [-0.2, -0.15) is 0 Å². The molecule has 3 heterocycles. The Morgan fingerprint density at radius 1 is 1.08 bits per heavy atom. The van der Waals surface area contributed by atoms with Crippen molar-refractivity contribution in [2.45, 2.75) is 38.8 Å². The first-order chi connectivity index (χ1) is 17.5. The highest BCUT2D eigenvalue weighted by Gasteiger charge is 2.41. The van der Waals surface area contributed by atoms with Gasteiger partial charge in [-0.1, -0.05) is 42.5 Å². The summed E-state index contributed by atoms with van der Waals surface area (Å²) in [6, 6.07) is 23.0. The summed E-state index contributed by atoms with van der Waals surface area (Å²) in [6.07, 6.45) is 2.82. The quantitative estimate of drug-likeness (QED) is 0.266. The molecule has 4 aromatic rings. The summed E-state index contributed by atoms with van der Waals surface area (Å²) in [5, 5.41) is 6.62. The molecule has 1 saturated heterocycles. The van der Waals surface area contributed by atoms with Crippen LogP contribution in [0.2, 0.25) is 0 Å². The monoisotopic (exact) mass is 498 g/mol. The smallest absolute Gasteiger partial charge is 0.305 e. The van der Waals surface area contributed by atoms with E-state index >= 15 is 0 Å². The second kappa shape index (κ2) is 10.1. The van der Waals surface area contributed by atoms with Gasteiger partial charge in [-0.25, -0.2) is 0 Å². The Labute approximate surface area is 216 Å². The summed E-state index contributed by atoms with van der Waals surface area (Å²) in [5.41, 5.74) is 5.62. The number of hydrogen-bond acceptors (Lipinski definition) is 4. The summed E-state index contributed by atoms with van der Waals surface area (Å²) in [6.45, 7) is 4.97. The predicted octanol–water partition coefficient (Wildman–Crippen LogP) is 5.57. The van der Waals surface area contributed by atoms with Crippen molar-refractivity contribution in [1.29, 1.82) is 0 Å². The molecule has 0 bridgehead atoms. The standard InChI is InChI=1S/C29H30N4O2S/c1-19-18-23(20(2)33(19)25-14-8-11-21-10-4-5-12-22(21)25)28-27(24-13-6-7-16-30-24)31-29(36)32(28)17-9-15-26(34)35-3/h4-8,10-14,16,18,27-28H,9,15,17H2,1-3H3,(H,31,36)/t27-,28-/m0/s1. The molecule has 5 rings (SSSR count). The van der Waals surface area contributed by atoms with Crippen molar-refractivity contribution >= 4 is 34.1 Å². The van der Waals surface area contributed by atoms with Gasteiger partial charge in [-0.3, -0.25) is 9.78 Å². The van der Waals surface area contributed by atoms with E-state index in [1.807, 2.05) is 24.4 Å². The van der Waals surface area contributed by atoms with Crippen molar-refractivity contribution in [2.24, 2.45) is 0 Å². The van der Waals surface area contributed by atoms with Crippen LogP contribution in [0.4, 0.5) is 0 Å². The van der Waals surface area contributed by atoms with Gasteiger partial charge in [-0.05, 0) is 67.7 Å². The average Bonchev–Trinajstić information content (AvgIpc) is 3.38. The number of pyridine rings is 1. The SMILES string of the molecule is COC(=O)CCCN1C(=S)N[C@@H](c2ccccn2)[C@@H]1c1cc(C)n(-c2cccc3ccccc23)c1C. The Morgan fingerprint density at radius 3 is 2.64 bits per heavy atom. The Bertz CT molecular complexity index is 1410. The van der Waals surface area contributed by atoms with Gasteiger partial charge in [0.05, 0.1) is 30.6 Å². The number of carbonyl (C=O) groups excluding carboxylic acids is 1. The average molecular weight is 499 g/mol. The van der Waals surface area contributed by atoms with Gasteiger partial charge < -0.3 is 19.5 Å². The van der Waals surface area contributed by atoms with E-state index in [1.165, 1.54) is 29.1 Å². The van der Waals surface area contributed by atoms with Crippen LogP contribution in [0.1, 0.15) is 47.6 Å². The molecule has 1 N–H and O–H groups in total. The largest absolute Gasteiger partial charge is 0.469 e. The highest BCUT2D eigenvalue weighted by atomic mass is 32.1. The molecule has 0 saturated carbocycles. The number of methoxy groups -OCH3 is 1. The molecule has 0 spiro atoms. The lowest BCUT2D eigenvalue weighted by Gasteiger charge is -2.28. The zero-order chi connectivity index (χ0) is 25.2. The highest BCUT2D eigenvalue weighted by Crippen LogP contribution is 2.42. The molecule has 0 amide bonds. The first-order valence-electron chi connectivity index (χ1n) is 12.2. The third kappa shape index (κ3) is 4.35. The maximum absolute atomic E-state index is 11.8. The van der Waals surface area contributed by atoms with E-state index in [0.29, 0.717) is 24.5 Å². The van der Waals surface area contributed by atoms with Crippen molar-refractivity contribution in [3.8, 4) is 5.69 Å². The number of esters is 1. The number of aryl methyl sites for hydroxylation is 1. The van der Waals surface area contributed by atoms with Crippen LogP contribution in [0.3, 0.4) is 0 Å². The number of thiocarbonyl (C=S) groups is 1. The number of ether oxygens (including phenoxy) is 1. The fourth-order valence-corrected chi connectivity index (χ4v) is 5.67. The molecule has 36 heavy (non-hydrogen) atoms. The number of aromatic nitrogens is 2. The molecular weight excluding hydrogens is 468 g/mol. The molecule has 1 aliphatic heterocycles. The van der Waals surface area contributed by atoms with Crippen LogP contribution >= 0.6 is 12.2 Å². The van der Waals surface area contributed by atoms with Crippen LogP contribution in [0.15, 0.2) is 72.9 Å². The fraction of sp³-hybridized carbons (Fsp3) is 0.276. The second-order valence-corrected chi connectivity index (χ2v) is 9.55. The van der Waals surface area contributed by atoms with Gasteiger partial charge in [0, 0.05) is 35.9 Å². The molecule has 2 atom stereocenters. The van der Waals surface area contributed by atoms with Gasteiger partial charge in [0.1, 0.15) is 0 Å². The second-order valence-electron chi connectivity index (χ2n) is 9.16. The van der Waals surface area contributed by atoms with E-state index in [0.717, 1.165) is 17.1 Å². The predicted molar refractivity (Wildman–Crippen MR) is 146 cm³/mol. The summed E-state index contributed by atoms with van der Waals surface area (Å²) in [5.74, 6) is -0.208. The maximum Gasteiger partial charge on any atom is 0.305 e. The fourth-order valence-electron chi connectivity index (χ4n) is 5.34. The molecule has 0 aliphatic carbocycles. The van der Waals surface area contributed by atoms with Crippen molar-refractivity contribution < 1.29 is 9.53 Å². The number of hydrogen-bond donors (Lipinski definition) is 1. The van der Waals surface area contributed by atoms with Crippen LogP contribution < -0.4 is 5.32 Å². The van der Waals surface area contributed by atoms with Gasteiger partial charge in [0.15, 0.2) is 5.11 Å². The van der Waals surface area contributed by atoms with Gasteiger partial charge in [0.25, 0.3) is 0 Å². The molecule has 2 aromatic carbocycles. The van der Waals surface area contributed by atoms with Crippen molar-refractivity contribution in [3.63, 3.8) is 0 Å². The van der Waals surface area contributed by atoms with Crippen LogP contribution in [-0.2, 0) is 9.53 Å². The molecule has 0 radical (unpaired) electrons. The van der Waals surface area contributed by atoms with Gasteiger partial charge in [-0.15, -0.1) is 0 Å². The number of benzene rings is 2. The summed E-state index contributed by atoms with van der Waals surface area (Å²) >= 11 is 5.81. The number of nitrogens with zero attached hydrogens (tertiary/aromatic N) is 3. The van der Waals surface area contributed by atoms with E-state index in [9.17, 15) is 4.79 Å². The minimum absolute atomic E-state index is 0.0556. The summed E-state index contributed by atoms with van der Waals surface area (Å²) in [7, 11) is 1.42. The molecule has 0 unspecified atom stereocenters. The zero-order valence-electron chi connectivity index (χ0n) is 20.8. The molecule has 1 fully saturated rings. The van der Waals surface area contributed by atoms with Gasteiger partial charge in [0.2, 0.25) is 0 Å². The minimum Gasteiger partial charge on any atom is -0.469 e. The van der Waals surface area contributed by atoms with Crippen LogP contribution in [0.25, 0.3) is 16.5 Å². The third-order valence-corrected chi connectivity index (χ3v) is 7.35. The number of carbonyl (C=O) groups is 1. The molecule has 2 aromatic heterocycles. The topological polar surface area (TPSA) is 59.4 Å². The summed E-state index contributed by atoms with van der Waals surface area (Å²) < 4.78 is 7.18. The van der Waals surface area contributed by atoms with Crippen LogP contribution in [-0.4, -0.2) is 39.2 Å². The molecule has 6 nitrogen and oxygen atoms in total. The number of nitrogens with one attached hydrogen (secondary N) is 1. The number of rotatable bonds is 7. The van der Waals surface area contributed by atoms with E-state index in [4.69, 9.17) is 17.0 Å². The Morgan fingerprint density at radius 2 is 1.86 bits per heavy atom. The number of fused-ring (bicyclic) bond motifs is 1. The van der Waals surface area contributed by atoms with Crippen molar-refractivity contribution in [1.82, 2.24) is 19.8 Å². The summed E-state index contributed by atoms with van der Waals surface area (Å²) in [4.78, 5) is 18.6. The minimum atomic E-state index is -0.208. The Kier molecular flexibility index (Phi) is 6.74. The van der Waals surface area contributed by atoms with E-state index in [2.05, 4.69) is 82.1 Å². The normalized spacial score (nSPS) is 17.4. The van der Waals surface area contributed by atoms with Crippen LogP contribution in [0, 0.1) is 13.8 Å².